The SMILES string of the molecule is c1ccc(-c2cc(-c3cccc(-c4ccc5nc(-c6ccc7c8ccccc8c8ccccc8c7c6)c6sc7ccccc7c6c5c4)c3)nc(-c3ccccc3)n2)cc1. The van der Waals surface area contributed by atoms with E-state index in [1.165, 1.54) is 52.5 Å². The Bertz CT molecular complexity index is 3520. The van der Waals surface area contributed by atoms with Crippen molar-refractivity contribution >= 4 is 74.7 Å². The molecule has 0 saturated carbocycles. The number of pyridine rings is 1. The molecule has 0 amide bonds. The third kappa shape index (κ3) is 5.60. The molecule has 3 aromatic heterocycles. The van der Waals surface area contributed by atoms with Gasteiger partial charge >= 0.3 is 0 Å². The third-order valence-corrected chi connectivity index (χ3v) is 12.8. The summed E-state index contributed by atoms with van der Waals surface area (Å²) < 4.78 is 2.46. The highest BCUT2D eigenvalue weighted by atomic mass is 32.1. The minimum absolute atomic E-state index is 0.708. The van der Waals surface area contributed by atoms with Crippen molar-refractivity contribution in [3.05, 3.63) is 200 Å². The molecule has 0 radical (unpaired) electrons. The van der Waals surface area contributed by atoms with Gasteiger partial charge in [0.25, 0.3) is 0 Å². The van der Waals surface area contributed by atoms with E-state index >= 15 is 0 Å². The Morgan fingerprint density at radius 3 is 1.56 bits per heavy atom. The molecule has 0 fully saturated rings. The molecule has 4 heteroatoms. The molecule has 0 atom stereocenters. The summed E-state index contributed by atoms with van der Waals surface area (Å²) in [5.41, 5.74) is 10.3. The van der Waals surface area contributed by atoms with Crippen LogP contribution in [0.3, 0.4) is 0 Å². The van der Waals surface area contributed by atoms with E-state index in [4.69, 9.17) is 15.0 Å². The number of nitrogens with zero attached hydrogens (tertiary/aromatic N) is 3. The summed E-state index contributed by atoms with van der Waals surface area (Å²) >= 11 is 1.83. The number of benzene rings is 9. The fourth-order valence-corrected chi connectivity index (χ4v) is 10.1. The van der Waals surface area contributed by atoms with Crippen molar-refractivity contribution in [2.75, 3.05) is 0 Å². The lowest BCUT2D eigenvalue weighted by atomic mass is 9.92. The van der Waals surface area contributed by atoms with Crippen LogP contribution in [0, 0.1) is 0 Å². The molecule has 12 aromatic rings. The average molecular weight is 768 g/mol. The number of aromatic nitrogens is 3. The molecular formula is C55H33N3S. The molecule has 9 aromatic carbocycles. The Morgan fingerprint density at radius 2 is 0.831 bits per heavy atom. The van der Waals surface area contributed by atoms with Crippen molar-refractivity contribution in [1.82, 2.24) is 15.0 Å². The second kappa shape index (κ2) is 13.6. The molecule has 0 aliphatic rings. The van der Waals surface area contributed by atoms with Gasteiger partial charge in [-0.1, -0.05) is 164 Å². The molecule has 0 bridgehead atoms. The topological polar surface area (TPSA) is 38.7 Å². The van der Waals surface area contributed by atoms with Crippen molar-refractivity contribution < 1.29 is 0 Å². The van der Waals surface area contributed by atoms with Crippen LogP contribution >= 0.6 is 11.3 Å². The molecule has 0 spiro atoms. The summed E-state index contributed by atoms with van der Waals surface area (Å²) in [5, 5.41) is 11.3. The average Bonchev–Trinajstić information content (AvgIpc) is 3.72. The van der Waals surface area contributed by atoms with Crippen molar-refractivity contribution in [3.8, 4) is 56.3 Å². The lowest BCUT2D eigenvalue weighted by Gasteiger charge is -2.13. The second-order valence-electron chi connectivity index (χ2n) is 15.1. The van der Waals surface area contributed by atoms with E-state index in [9.17, 15) is 0 Å². The molecule has 0 aliphatic carbocycles. The Hall–Kier alpha value is -7.53. The molecule has 59 heavy (non-hydrogen) atoms. The summed E-state index contributed by atoms with van der Waals surface area (Å²) in [7, 11) is 0. The normalized spacial score (nSPS) is 11.7. The van der Waals surface area contributed by atoms with Crippen molar-refractivity contribution in [2.24, 2.45) is 0 Å². The monoisotopic (exact) mass is 767 g/mol. The van der Waals surface area contributed by atoms with Gasteiger partial charge in [0.1, 0.15) is 0 Å². The first kappa shape index (κ1) is 33.6. The van der Waals surface area contributed by atoms with Crippen LogP contribution in [-0.2, 0) is 0 Å². The Morgan fingerprint density at radius 1 is 0.305 bits per heavy atom. The minimum Gasteiger partial charge on any atom is -0.246 e. The number of fused-ring (bicyclic) bond motifs is 11. The maximum Gasteiger partial charge on any atom is 0.160 e. The first-order valence-corrected chi connectivity index (χ1v) is 20.7. The lowest BCUT2D eigenvalue weighted by molar-refractivity contribution is 1.18. The zero-order valence-electron chi connectivity index (χ0n) is 31.8. The highest BCUT2D eigenvalue weighted by Gasteiger charge is 2.19. The largest absolute Gasteiger partial charge is 0.246 e. The molecular weight excluding hydrogens is 735 g/mol. The van der Waals surface area contributed by atoms with E-state index in [0.717, 1.165) is 61.4 Å². The smallest absolute Gasteiger partial charge is 0.160 e. The fourth-order valence-electron chi connectivity index (χ4n) is 8.84. The third-order valence-electron chi connectivity index (χ3n) is 11.6. The fraction of sp³-hybridized carbons (Fsp3) is 0. The van der Waals surface area contributed by atoms with Gasteiger partial charge in [0.15, 0.2) is 5.82 Å². The van der Waals surface area contributed by atoms with E-state index in [1.807, 2.05) is 35.6 Å². The van der Waals surface area contributed by atoms with Crippen molar-refractivity contribution in [2.45, 2.75) is 0 Å². The van der Waals surface area contributed by atoms with E-state index in [-0.39, 0.29) is 0 Å². The Labute approximate surface area is 344 Å². The minimum atomic E-state index is 0.708. The summed E-state index contributed by atoms with van der Waals surface area (Å²) in [5.74, 6) is 0.708. The lowest BCUT2D eigenvalue weighted by Crippen LogP contribution is -1.96. The first-order valence-electron chi connectivity index (χ1n) is 19.9. The summed E-state index contributed by atoms with van der Waals surface area (Å²) in [6.45, 7) is 0. The number of thiophene rings is 1. The quantitative estimate of drug-likeness (QED) is 0.164. The van der Waals surface area contributed by atoms with Gasteiger partial charge in [-0.2, -0.15) is 0 Å². The van der Waals surface area contributed by atoms with Crippen LogP contribution in [0.1, 0.15) is 0 Å². The van der Waals surface area contributed by atoms with Gasteiger partial charge in [-0.15, -0.1) is 11.3 Å². The van der Waals surface area contributed by atoms with Crippen LogP contribution in [0.5, 0.6) is 0 Å². The van der Waals surface area contributed by atoms with E-state index < -0.39 is 0 Å². The van der Waals surface area contributed by atoms with Gasteiger partial charge in [-0.05, 0) is 79.8 Å². The summed E-state index contributed by atoms with van der Waals surface area (Å²) in [6.07, 6.45) is 0. The molecule has 0 N–H and O–H groups in total. The molecule has 3 heterocycles. The van der Waals surface area contributed by atoms with Crippen LogP contribution in [0.4, 0.5) is 0 Å². The van der Waals surface area contributed by atoms with Crippen molar-refractivity contribution in [1.29, 1.82) is 0 Å². The van der Waals surface area contributed by atoms with Crippen molar-refractivity contribution in [3.63, 3.8) is 0 Å². The summed E-state index contributed by atoms with van der Waals surface area (Å²) in [4.78, 5) is 15.6. The number of hydrogen-bond donors (Lipinski definition) is 0. The standard InChI is InChI=1S/C55H33N3S/c1-3-14-34(15-4-1)49-33-50(58-55(57-49)35-16-5-2-6-17-35)38-19-13-18-36(30-38)37-27-29-48-47(31-37)52-45-24-11-12-25-51(45)59-54(52)53(56-48)39-26-28-44-42-22-8-7-20-40(42)41-21-9-10-23-43(41)46(44)32-39/h1-33H. The van der Waals surface area contributed by atoms with Crippen LogP contribution < -0.4 is 0 Å². The van der Waals surface area contributed by atoms with Gasteiger partial charge in [-0.3, -0.25) is 0 Å². The van der Waals surface area contributed by atoms with E-state index in [0.29, 0.717) is 5.82 Å². The predicted octanol–water partition coefficient (Wildman–Crippen LogP) is 15.2. The van der Waals surface area contributed by atoms with Crippen LogP contribution in [0.2, 0.25) is 0 Å². The zero-order chi connectivity index (χ0) is 38.9. The van der Waals surface area contributed by atoms with Crippen LogP contribution in [0.25, 0.3) is 120 Å². The first-order chi connectivity index (χ1) is 29.2. The maximum atomic E-state index is 5.49. The maximum absolute atomic E-state index is 5.49. The highest BCUT2D eigenvalue weighted by molar-refractivity contribution is 7.26. The van der Waals surface area contributed by atoms with Gasteiger partial charge in [0.05, 0.1) is 27.3 Å². The molecule has 3 nitrogen and oxygen atoms in total. The van der Waals surface area contributed by atoms with Crippen LogP contribution in [-0.4, -0.2) is 15.0 Å². The molecule has 274 valence electrons. The number of hydrogen-bond acceptors (Lipinski definition) is 4. The molecule has 0 unspecified atom stereocenters. The Balaban J connectivity index is 1.03. The van der Waals surface area contributed by atoms with Gasteiger partial charge in [0.2, 0.25) is 0 Å². The Kier molecular flexibility index (Phi) is 7.72. The summed E-state index contributed by atoms with van der Waals surface area (Å²) in [6, 6.07) is 71.4. The van der Waals surface area contributed by atoms with E-state index in [2.05, 4.69) is 176 Å². The number of rotatable bonds is 5. The van der Waals surface area contributed by atoms with E-state index in [1.54, 1.807) is 0 Å². The molecule has 0 aliphatic heterocycles. The zero-order valence-corrected chi connectivity index (χ0v) is 32.6. The highest BCUT2D eigenvalue weighted by Crippen LogP contribution is 2.45. The second-order valence-corrected chi connectivity index (χ2v) is 16.2. The van der Waals surface area contributed by atoms with Gasteiger partial charge in [-0.25, -0.2) is 15.0 Å². The van der Waals surface area contributed by atoms with Gasteiger partial charge < -0.3 is 0 Å². The van der Waals surface area contributed by atoms with Crippen LogP contribution in [0.15, 0.2) is 200 Å². The predicted molar refractivity (Wildman–Crippen MR) is 250 cm³/mol. The van der Waals surface area contributed by atoms with Gasteiger partial charge in [0, 0.05) is 43.1 Å². The molecule has 12 rings (SSSR count). The molecule has 0 saturated heterocycles.